The molecule has 17 heavy (non-hydrogen) atoms. The van der Waals surface area contributed by atoms with Crippen molar-refractivity contribution in [3.05, 3.63) is 25.4 Å². The molecule has 0 aliphatic rings. The van der Waals surface area contributed by atoms with Gasteiger partial charge in [-0.15, -0.1) is 13.2 Å². The van der Waals surface area contributed by atoms with Crippen molar-refractivity contribution in [3.8, 4) is 5.88 Å². The van der Waals surface area contributed by atoms with Crippen LogP contribution in [-0.4, -0.2) is 21.4 Å². The lowest BCUT2D eigenvalue weighted by Crippen LogP contribution is -2.19. The number of nitro groups is 1. The Balaban J connectivity index is 3.32. The quantitative estimate of drug-likeness (QED) is 0.504. The van der Waals surface area contributed by atoms with E-state index >= 15 is 0 Å². The molecule has 1 heterocycles. The first kappa shape index (κ1) is 13.9. The van der Waals surface area contributed by atoms with Gasteiger partial charge < -0.3 is 9.84 Å². The van der Waals surface area contributed by atoms with Gasteiger partial charge in [0.1, 0.15) is 3.57 Å². The standard InChI is InChI=1S/C7H4F3IN2O4/c8-7(9,10)17-6-5(13(15)16)4(11)3(2-14)1-12-6/h1,14H,2H2. The fourth-order valence-corrected chi connectivity index (χ4v) is 1.69. The Morgan fingerprint density at radius 3 is 2.59 bits per heavy atom. The molecule has 6 nitrogen and oxygen atoms in total. The molecule has 0 spiro atoms. The zero-order valence-electron chi connectivity index (χ0n) is 7.86. The van der Waals surface area contributed by atoms with Gasteiger partial charge in [0, 0.05) is 11.8 Å². The van der Waals surface area contributed by atoms with Crippen molar-refractivity contribution in [3.63, 3.8) is 0 Å². The van der Waals surface area contributed by atoms with Gasteiger partial charge in [0.05, 0.1) is 11.5 Å². The van der Waals surface area contributed by atoms with Crippen LogP contribution in [0, 0.1) is 13.7 Å². The second kappa shape index (κ2) is 5.00. The molecule has 0 aliphatic carbocycles. The first-order valence-corrected chi connectivity index (χ1v) is 5.02. The number of halogens is 4. The van der Waals surface area contributed by atoms with E-state index in [0.717, 1.165) is 6.20 Å². The molecule has 0 fully saturated rings. The van der Waals surface area contributed by atoms with E-state index in [9.17, 15) is 23.3 Å². The van der Waals surface area contributed by atoms with Crippen LogP contribution in [0.3, 0.4) is 0 Å². The number of nitrogens with zero attached hydrogens (tertiary/aromatic N) is 2. The van der Waals surface area contributed by atoms with Crippen molar-refractivity contribution >= 4 is 28.3 Å². The number of rotatable bonds is 3. The molecule has 1 aromatic rings. The third-order valence-corrected chi connectivity index (χ3v) is 2.80. The first-order valence-electron chi connectivity index (χ1n) is 3.94. The molecule has 0 radical (unpaired) electrons. The van der Waals surface area contributed by atoms with Crippen molar-refractivity contribution in [1.29, 1.82) is 0 Å². The molecule has 0 saturated heterocycles. The van der Waals surface area contributed by atoms with Crippen LogP contribution in [0.15, 0.2) is 6.20 Å². The van der Waals surface area contributed by atoms with E-state index in [-0.39, 0.29) is 9.13 Å². The van der Waals surface area contributed by atoms with Crippen LogP contribution < -0.4 is 4.74 Å². The molecule has 0 unspecified atom stereocenters. The summed E-state index contributed by atoms with van der Waals surface area (Å²) >= 11 is 1.44. The van der Waals surface area contributed by atoms with Crippen molar-refractivity contribution in [2.45, 2.75) is 13.0 Å². The van der Waals surface area contributed by atoms with Crippen molar-refractivity contribution in [2.75, 3.05) is 0 Å². The van der Waals surface area contributed by atoms with Crippen LogP contribution in [-0.2, 0) is 6.61 Å². The molecular weight excluding hydrogens is 360 g/mol. The Morgan fingerprint density at radius 2 is 2.18 bits per heavy atom. The highest BCUT2D eigenvalue weighted by molar-refractivity contribution is 14.1. The SMILES string of the molecule is O=[N+]([O-])c1c(OC(F)(F)F)ncc(CO)c1I. The second-order valence-corrected chi connectivity index (χ2v) is 3.79. The number of ether oxygens (including phenoxy) is 1. The Hall–Kier alpha value is -1.17. The normalized spacial score (nSPS) is 11.4. The second-order valence-electron chi connectivity index (χ2n) is 2.71. The van der Waals surface area contributed by atoms with Gasteiger partial charge in [0.15, 0.2) is 0 Å². The largest absolute Gasteiger partial charge is 0.574 e. The van der Waals surface area contributed by atoms with E-state index in [2.05, 4.69) is 9.72 Å². The number of aliphatic hydroxyl groups is 1. The average molecular weight is 364 g/mol. The van der Waals surface area contributed by atoms with E-state index < -0.39 is 29.5 Å². The molecule has 1 aromatic heterocycles. The summed E-state index contributed by atoms with van der Waals surface area (Å²) in [7, 11) is 0. The summed E-state index contributed by atoms with van der Waals surface area (Å²) in [5, 5.41) is 19.4. The molecule has 0 aliphatic heterocycles. The van der Waals surface area contributed by atoms with Gasteiger partial charge in [0.2, 0.25) is 0 Å². The minimum Gasteiger partial charge on any atom is -0.392 e. The summed E-state index contributed by atoms with van der Waals surface area (Å²) in [6, 6.07) is 0. The van der Waals surface area contributed by atoms with E-state index in [0.29, 0.717) is 0 Å². The maximum Gasteiger partial charge on any atom is 0.574 e. The third-order valence-electron chi connectivity index (χ3n) is 1.60. The number of hydrogen-bond donors (Lipinski definition) is 1. The molecule has 10 heteroatoms. The highest BCUT2D eigenvalue weighted by Crippen LogP contribution is 2.35. The van der Waals surface area contributed by atoms with Gasteiger partial charge in [-0.2, -0.15) is 0 Å². The number of alkyl halides is 3. The maximum absolute atomic E-state index is 12.0. The summed E-state index contributed by atoms with van der Waals surface area (Å²) < 4.78 is 39.2. The first-order chi connectivity index (χ1) is 7.76. The summed E-state index contributed by atoms with van der Waals surface area (Å²) in [5.74, 6) is -1.15. The Kier molecular flexibility index (Phi) is 4.08. The number of aliphatic hydroxyl groups excluding tert-OH is 1. The Labute approximate surface area is 106 Å². The highest BCUT2D eigenvalue weighted by Gasteiger charge is 2.36. The smallest absolute Gasteiger partial charge is 0.392 e. The zero-order valence-corrected chi connectivity index (χ0v) is 10.0. The van der Waals surface area contributed by atoms with E-state index in [4.69, 9.17) is 5.11 Å². The Bertz CT molecular complexity index is 451. The van der Waals surface area contributed by atoms with Crippen LogP contribution in [0.2, 0.25) is 0 Å². The van der Waals surface area contributed by atoms with Crippen molar-refractivity contribution in [2.24, 2.45) is 0 Å². The maximum atomic E-state index is 12.0. The van der Waals surface area contributed by atoms with E-state index in [1.54, 1.807) is 0 Å². The topological polar surface area (TPSA) is 85.5 Å². The van der Waals surface area contributed by atoms with Gasteiger partial charge in [-0.3, -0.25) is 10.1 Å². The molecule has 1 N–H and O–H groups in total. The fourth-order valence-electron chi connectivity index (χ4n) is 0.953. The van der Waals surface area contributed by atoms with Gasteiger partial charge in [0.25, 0.3) is 0 Å². The van der Waals surface area contributed by atoms with Gasteiger partial charge in [-0.1, -0.05) is 0 Å². The van der Waals surface area contributed by atoms with Crippen LogP contribution in [0.1, 0.15) is 5.56 Å². The summed E-state index contributed by atoms with van der Waals surface area (Å²) in [5.41, 5.74) is -0.874. The molecule has 94 valence electrons. The summed E-state index contributed by atoms with van der Waals surface area (Å²) in [6.07, 6.45) is -4.18. The van der Waals surface area contributed by atoms with Crippen molar-refractivity contribution < 1.29 is 27.9 Å². The lowest BCUT2D eigenvalue weighted by atomic mass is 10.3. The number of pyridine rings is 1. The molecular formula is C7H4F3IN2O4. The predicted molar refractivity (Wildman–Crippen MR) is 56.2 cm³/mol. The molecule has 0 bridgehead atoms. The fraction of sp³-hybridized carbons (Fsp3) is 0.286. The van der Waals surface area contributed by atoms with Crippen LogP contribution in [0.4, 0.5) is 18.9 Å². The third kappa shape index (κ3) is 3.39. The average Bonchev–Trinajstić information content (AvgIpc) is 2.14. The zero-order chi connectivity index (χ0) is 13.2. The number of aromatic nitrogens is 1. The van der Waals surface area contributed by atoms with Gasteiger partial charge in [-0.25, -0.2) is 4.98 Å². The lowest BCUT2D eigenvalue weighted by molar-refractivity contribution is -0.390. The van der Waals surface area contributed by atoms with Gasteiger partial charge in [-0.05, 0) is 22.6 Å². The minimum absolute atomic E-state index is 0.0480. The highest BCUT2D eigenvalue weighted by atomic mass is 127. The number of hydrogen-bond acceptors (Lipinski definition) is 5. The van der Waals surface area contributed by atoms with Crippen LogP contribution >= 0.6 is 22.6 Å². The van der Waals surface area contributed by atoms with Crippen LogP contribution in [0.5, 0.6) is 5.88 Å². The minimum atomic E-state index is -5.07. The molecule has 0 amide bonds. The summed E-state index contributed by atoms with van der Waals surface area (Å²) in [6.45, 7) is -0.571. The molecule has 0 saturated carbocycles. The molecule has 0 atom stereocenters. The lowest BCUT2D eigenvalue weighted by Gasteiger charge is -2.09. The molecule has 0 aromatic carbocycles. The monoisotopic (exact) mass is 364 g/mol. The van der Waals surface area contributed by atoms with E-state index in [1.165, 1.54) is 22.6 Å². The predicted octanol–water partition coefficient (Wildman–Crippen LogP) is 1.99. The summed E-state index contributed by atoms with van der Waals surface area (Å²) in [4.78, 5) is 12.7. The Morgan fingerprint density at radius 1 is 1.59 bits per heavy atom. The van der Waals surface area contributed by atoms with E-state index in [1.807, 2.05) is 0 Å². The van der Waals surface area contributed by atoms with Crippen LogP contribution in [0.25, 0.3) is 0 Å². The van der Waals surface area contributed by atoms with Crippen molar-refractivity contribution in [1.82, 2.24) is 4.98 Å². The molecule has 1 rings (SSSR count). The van der Waals surface area contributed by atoms with Gasteiger partial charge >= 0.3 is 17.9 Å².